The second kappa shape index (κ2) is 4.26. The van der Waals surface area contributed by atoms with Gasteiger partial charge in [0.05, 0.1) is 6.61 Å². The zero-order valence-corrected chi connectivity index (χ0v) is 9.75. The fourth-order valence-corrected chi connectivity index (χ4v) is 1.98. The summed E-state index contributed by atoms with van der Waals surface area (Å²) >= 11 is 0. The van der Waals surface area contributed by atoms with Gasteiger partial charge in [-0.1, -0.05) is 29.8 Å². The van der Waals surface area contributed by atoms with E-state index in [0.717, 1.165) is 5.56 Å². The number of hydrogen-bond donors (Lipinski definition) is 1. The molecule has 2 rings (SSSR count). The second-order valence-corrected chi connectivity index (χ2v) is 4.27. The van der Waals surface area contributed by atoms with E-state index in [2.05, 4.69) is 5.32 Å². The van der Waals surface area contributed by atoms with E-state index in [-0.39, 0.29) is 5.97 Å². The van der Waals surface area contributed by atoms with Crippen LogP contribution in [0.15, 0.2) is 24.3 Å². The van der Waals surface area contributed by atoms with Crippen molar-refractivity contribution in [2.24, 2.45) is 0 Å². The van der Waals surface area contributed by atoms with Gasteiger partial charge in [-0.3, -0.25) is 4.79 Å². The maximum atomic E-state index is 12.0. The minimum Gasteiger partial charge on any atom is -0.465 e. The number of aryl methyl sites for hydroxylation is 1. The van der Waals surface area contributed by atoms with Crippen molar-refractivity contribution in [1.29, 1.82) is 0 Å². The quantitative estimate of drug-likeness (QED) is 0.781. The Bertz CT molecular complexity index is 379. The second-order valence-electron chi connectivity index (χ2n) is 4.27. The molecule has 86 valence electrons. The summed E-state index contributed by atoms with van der Waals surface area (Å²) in [5.74, 6) is -0.113. The van der Waals surface area contributed by atoms with Crippen LogP contribution < -0.4 is 5.32 Å². The molecule has 0 aliphatic carbocycles. The third kappa shape index (κ3) is 1.71. The lowest BCUT2D eigenvalue weighted by Gasteiger charge is -2.40. The van der Waals surface area contributed by atoms with Crippen LogP contribution in [0.4, 0.5) is 0 Å². The van der Waals surface area contributed by atoms with E-state index in [0.29, 0.717) is 19.7 Å². The number of benzene rings is 1. The summed E-state index contributed by atoms with van der Waals surface area (Å²) in [5, 5.41) is 3.15. The molecule has 0 spiro atoms. The number of nitrogens with one attached hydrogen (secondary N) is 1. The number of esters is 1. The van der Waals surface area contributed by atoms with E-state index >= 15 is 0 Å². The van der Waals surface area contributed by atoms with Gasteiger partial charge < -0.3 is 10.1 Å². The Hall–Kier alpha value is -1.35. The number of ether oxygens (including phenoxy) is 1. The predicted molar refractivity (Wildman–Crippen MR) is 62.4 cm³/mol. The minimum absolute atomic E-state index is 0.113. The van der Waals surface area contributed by atoms with E-state index in [1.54, 1.807) is 0 Å². The number of rotatable bonds is 3. The summed E-state index contributed by atoms with van der Waals surface area (Å²) in [5.41, 5.74) is 1.80. The molecule has 0 radical (unpaired) electrons. The molecular weight excluding hydrogens is 202 g/mol. The van der Waals surface area contributed by atoms with Crippen LogP contribution in [0.3, 0.4) is 0 Å². The van der Waals surface area contributed by atoms with Gasteiger partial charge in [0, 0.05) is 13.1 Å². The topological polar surface area (TPSA) is 38.3 Å². The average Bonchev–Trinajstić information content (AvgIpc) is 2.19. The van der Waals surface area contributed by atoms with Crippen molar-refractivity contribution in [3.8, 4) is 0 Å². The summed E-state index contributed by atoms with van der Waals surface area (Å²) < 4.78 is 5.15. The van der Waals surface area contributed by atoms with Gasteiger partial charge >= 0.3 is 5.97 Å². The van der Waals surface area contributed by atoms with Crippen molar-refractivity contribution in [2.45, 2.75) is 19.3 Å². The van der Waals surface area contributed by atoms with E-state index < -0.39 is 5.41 Å². The number of hydrogen-bond acceptors (Lipinski definition) is 3. The molecule has 1 heterocycles. The van der Waals surface area contributed by atoms with Crippen LogP contribution in [-0.4, -0.2) is 25.7 Å². The molecule has 16 heavy (non-hydrogen) atoms. The van der Waals surface area contributed by atoms with Crippen molar-refractivity contribution in [3.05, 3.63) is 35.4 Å². The SMILES string of the molecule is CCOC(=O)C1(c2ccc(C)cc2)CNC1. The molecular formula is C13H17NO2. The zero-order valence-electron chi connectivity index (χ0n) is 9.75. The Morgan fingerprint density at radius 2 is 2.00 bits per heavy atom. The van der Waals surface area contributed by atoms with Crippen molar-refractivity contribution in [3.63, 3.8) is 0 Å². The molecule has 0 amide bonds. The zero-order chi connectivity index (χ0) is 11.6. The molecule has 3 nitrogen and oxygen atoms in total. The largest absolute Gasteiger partial charge is 0.465 e. The average molecular weight is 219 g/mol. The standard InChI is InChI=1S/C13H17NO2/c1-3-16-12(15)13(8-14-9-13)11-6-4-10(2)5-7-11/h4-7,14H,3,8-9H2,1-2H3. The Labute approximate surface area is 95.8 Å². The number of carbonyl (C=O) groups excluding carboxylic acids is 1. The lowest BCUT2D eigenvalue weighted by Crippen LogP contribution is -2.62. The van der Waals surface area contributed by atoms with E-state index in [9.17, 15) is 4.79 Å². The van der Waals surface area contributed by atoms with Crippen molar-refractivity contribution < 1.29 is 9.53 Å². The lowest BCUT2D eigenvalue weighted by atomic mass is 9.75. The summed E-state index contributed by atoms with van der Waals surface area (Å²) in [7, 11) is 0. The van der Waals surface area contributed by atoms with Gasteiger partial charge in [-0.25, -0.2) is 0 Å². The molecule has 0 saturated carbocycles. The van der Waals surface area contributed by atoms with Crippen LogP contribution in [-0.2, 0) is 14.9 Å². The maximum absolute atomic E-state index is 12.0. The summed E-state index contributed by atoms with van der Waals surface area (Å²) in [6.45, 7) is 5.67. The minimum atomic E-state index is -0.455. The van der Waals surface area contributed by atoms with E-state index in [4.69, 9.17) is 4.74 Å². The Balaban J connectivity index is 2.27. The van der Waals surface area contributed by atoms with Gasteiger partial charge in [-0.05, 0) is 19.4 Å². The Morgan fingerprint density at radius 1 is 1.38 bits per heavy atom. The van der Waals surface area contributed by atoms with Gasteiger partial charge in [0.15, 0.2) is 0 Å². The van der Waals surface area contributed by atoms with Gasteiger partial charge in [0.25, 0.3) is 0 Å². The van der Waals surface area contributed by atoms with Gasteiger partial charge in [-0.2, -0.15) is 0 Å². The van der Waals surface area contributed by atoms with E-state index in [1.165, 1.54) is 5.56 Å². The van der Waals surface area contributed by atoms with Crippen molar-refractivity contribution in [1.82, 2.24) is 5.32 Å². The molecule has 1 saturated heterocycles. The molecule has 0 unspecified atom stereocenters. The molecule has 1 aliphatic rings. The monoisotopic (exact) mass is 219 g/mol. The van der Waals surface area contributed by atoms with Crippen molar-refractivity contribution >= 4 is 5.97 Å². The predicted octanol–water partition coefficient (Wildman–Crippen LogP) is 1.40. The summed E-state index contributed by atoms with van der Waals surface area (Å²) in [4.78, 5) is 12.0. The van der Waals surface area contributed by atoms with Crippen LogP contribution in [0.2, 0.25) is 0 Å². The van der Waals surface area contributed by atoms with Gasteiger partial charge in [-0.15, -0.1) is 0 Å². The van der Waals surface area contributed by atoms with Crippen LogP contribution in [0.25, 0.3) is 0 Å². The van der Waals surface area contributed by atoms with Crippen LogP contribution >= 0.6 is 0 Å². The van der Waals surface area contributed by atoms with Crippen LogP contribution in [0.1, 0.15) is 18.1 Å². The highest BCUT2D eigenvalue weighted by molar-refractivity contribution is 5.85. The molecule has 1 aromatic carbocycles. The molecule has 0 aromatic heterocycles. The third-order valence-corrected chi connectivity index (χ3v) is 3.12. The smallest absolute Gasteiger partial charge is 0.319 e. The molecule has 1 fully saturated rings. The van der Waals surface area contributed by atoms with Crippen LogP contribution in [0, 0.1) is 6.92 Å². The first-order valence-electron chi connectivity index (χ1n) is 5.64. The molecule has 1 aromatic rings. The van der Waals surface area contributed by atoms with Gasteiger partial charge in [0.2, 0.25) is 0 Å². The molecule has 3 heteroatoms. The van der Waals surface area contributed by atoms with E-state index in [1.807, 2.05) is 38.1 Å². The van der Waals surface area contributed by atoms with Gasteiger partial charge in [0.1, 0.15) is 5.41 Å². The molecule has 0 atom stereocenters. The fourth-order valence-electron chi connectivity index (χ4n) is 1.98. The highest BCUT2D eigenvalue weighted by Gasteiger charge is 2.47. The Morgan fingerprint density at radius 3 is 2.44 bits per heavy atom. The molecule has 1 N–H and O–H groups in total. The normalized spacial score (nSPS) is 17.6. The molecule has 1 aliphatic heterocycles. The molecule has 0 bridgehead atoms. The maximum Gasteiger partial charge on any atom is 0.319 e. The number of carbonyl (C=O) groups is 1. The fraction of sp³-hybridized carbons (Fsp3) is 0.462. The van der Waals surface area contributed by atoms with Crippen LogP contribution in [0.5, 0.6) is 0 Å². The summed E-state index contributed by atoms with van der Waals surface area (Å²) in [6.07, 6.45) is 0. The third-order valence-electron chi connectivity index (χ3n) is 3.12. The Kier molecular flexibility index (Phi) is 2.97. The summed E-state index contributed by atoms with van der Waals surface area (Å²) in [6, 6.07) is 8.11. The first kappa shape index (κ1) is 11.1. The first-order valence-corrected chi connectivity index (χ1v) is 5.64. The first-order chi connectivity index (χ1) is 7.69. The van der Waals surface area contributed by atoms with Crippen molar-refractivity contribution in [2.75, 3.05) is 19.7 Å². The lowest BCUT2D eigenvalue weighted by molar-refractivity contribution is -0.152. The highest BCUT2D eigenvalue weighted by atomic mass is 16.5. The highest BCUT2D eigenvalue weighted by Crippen LogP contribution is 2.30.